The van der Waals surface area contributed by atoms with Gasteiger partial charge in [0.1, 0.15) is 11.3 Å². The van der Waals surface area contributed by atoms with E-state index >= 15 is 0 Å². The molecule has 0 unspecified atom stereocenters. The molecule has 1 aromatic carbocycles. The van der Waals surface area contributed by atoms with E-state index in [2.05, 4.69) is 25.5 Å². The fraction of sp³-hybridized carbons (Fsp3) is 0.421. The standard InChI is InChI=1S/C19H21ClFN7/c20-11-7-12(21)9-14(8-11)25-19-26-16-10-23-18(24-13-1-2-13)27-17(16)28(19)15-3-5-22-6-4-15/h7-10,13,15,22H,1-6H2,(H,25,26)(H,23,24,27). The van der Waals surface area contributed by atoms with Gasteiger partial charge in [-0.15, -0.1) is 0 Å². The number of piperidine rings is 1. The summed E-state index contributed by atoms with van der Waals surface area (Å²) < 4.78 is 15.9. The Kier molecular flexibility index (Phi) is 4.52. The van der Waals surface area contributed by atoms with Crippen LogP contribution in [0.1, 0.15) is 31.7 Å². The Balaban J connectivity index is 1.57. The van der Waals surface area contributed by atoms with E-state index in [0.29, 0.717) is 34.2 Å². The van der Waals surface area contributed by atoms with Crippen LogP contribution in [0.3, 0.4) is 0 Å². The largest absolute Gasteiger partial charge is 0.351 e. The third-order valence-corrected chi connectivity index (χ3v) is 5.35. The van der Waals surface area contributed by atoms with E-state index in [1.807, 2.05) is 0 Å². The molecule has 2 aliphatic rings. The summed E-state index contributed by atoms with van der Waals surface area (Å²) in [5.74, 6) is 0.863. The quantitative estimate of drug-likeness (QED) is 0.602. The summed E-state index contributed by atoms with van der Waals surface area (Å²) in [5.41, 5.74) is 2.06. The predicted molar refractivity (Wildman–Crippen MR) is 108 cm³/mol. The maximum absolute atomic E-state index is 13.8. The molecule has 9 heteroatoms. The lowest BCUT2D eigenvalue weighted by Crippen LogP contribution is -2.30. The lowest BCUT2D eigenvalue weighted by molar-refractivity contribution is 0.377. The maximum Gasteiger partial charge on any atom is 0.224 e. The third kappa shape index (κ3) is 3.62. The Labute approximate surface area is 166 Å². The summed E-state index contributed by atoms with van der Waals surface area (Å²) in [6.07, 6.45) is 6.00. The van der Waals surface area contributed by atoms with Gasteiger partial charge in [0.15, 0.2) is 5.65 Å². The van der Waals surface area contributed by atoms with Crippen molar-refractivity contribution >= 4 is 40.3 Å². The minimum atomic E-state index is -0.393. The van der Waals surface area contributed by atoms with Crippen molar-refractivity contribution in [1.82, 2.24) is 24.8 Å². The van der Waals surface area contributed by atoms with Crippen molar-refractivity contribution in [3.8, 4) is 0 Å². The zero-order chi connectivity index (χ0) is 19.1. The Bertz CT molecular complexity index is 991. The SMILES string of the molecule is Fc1cc(Cl)cc(Nc2nc3cnc(NC4CC4)nc3n2C2CCNCC2)c1. The van der Waals surface area contributed by atoms with Crippen LogP contribution >= 0.6 is 11.6 Å². The fourth-order valence-corrected chi connectivity index (χ4v) is 3.85. The molecule has 1 saturated heterocycles. The molecule has 5 rings (SSSR count). The zero-order valence-electron chi connectivity index (χ0n) is 15.3. The number of aromatic nitrogens is 4. The molecule has 0 spiro atoms. The van der Waals surface area contributed by atoms with E-state index in [-0.39, 0.29) is 6.04 Å². The molecule has 146 valence electrons. The molecule has 0 atom stereocenters. The number of anilines is 3. The smallest absolute Gasteiger partial charge is 0.224 e. The van der Waals surface area contributed by atoms with Crippen LogP contribution < -0.4 is 16.0 Å². The Hall–Kier alpha value is -2.45. The summed E-state index contributed by atoms with van der Waals surface area (Å²) >= 11 is 6.01. The molecule has 3 N–H and O–H groups in total. The van der Waals surface area contributed by atoms with Crippen LogP contribution in [0.25, 0.3) is 11.2 Å². The molecule has 0 bridgehead atoms. The Morgan fingerprint density at radius 3 is 2.68 bits per heavy atom. The average Bonchev–Trinajstić information content (AvgIpc) is 3.41. The zero-order valence-corrected chi connectivity index (χ0v) is 16.0. The first-order chi connectivity index (χ1) is 13.7. The van der Waals surface area contributed by atoms with Gasteiger partial charge in [-0.05, 0) is 57.0 Å². The van der Waals surface area contributed by atoms with Gasteiger partial charge >= 0.3 is 0 Å². The van der Waals surface area contributed by atoms with Crippen molar-refractivity contribution in [3.05, 3.63) is 35.2 Å². The number of fused-ring (bicyclic) bond motifs is 1. The molecular formula is C19H21ClFN7. The topological polar surface area (TPSA) is 79.7 Å². The average molecular weight is 402 g/mol. The van der Waals surface area contributed by atoms with E-state index in [0.717, 1.165) is 44.4 Å². The van der Waals surface area contributed by atoms with Crippen molar-refractivity contribution in [2.75, 3.05) is 23.7 Å². The number of benzene rings is 1. The number of nitrogens with one attached hydrogen (secondary N) is 3. The molecule has 2 aromatic heterocycles. The summed E-state index contributed by atoms with van der Waals surface area (Å²) in [7, 11) is 0. The Morgan fingerprint density at radius 1 is 1.11 bits per heavy atom. The lowest BCUT2D eigenvalue weighted by atomic mass is 10.1. The van der Waals surface area contributed by atoms with Crippen LogP contribution in [-0.2, 0) is 0 Å². The van der Waals surface area contributed by atoms with Gasteiger partial charge in [-0.1, -0.05) is 11.6 Å². The van der Waals surface area contributed by atoms with Crippen LogP contribution in [0.2, 0.25) is 5.02 Å². The van der Waals surface area contributed by atoms with Gasteiger partial charge in [0.05, 0.1) is 6.20 Å². The lowest BCUT2D eigenvalue weighted by Gasteiger charge is -2.26. The normalized spacial score (nSPS) is 17.8. The van der Waals surface area contributed by atoms with Crippen molar-refractivity contribution in [2.24, 2.45) is 0 Å². The fourth-order valence-electron chi connectivity index (χ4n) is 3.62. The van der Waals surface area contributed by atoms with Gasteiger partial charge in [0, 0.05) is 22.8 Å². The van der Waals surface area contributed by atoms with Crippen LogP contribution in [0.15, 0.2) is 24.4 Å². The molecule has 1 aliphatic heterocycles. The maximum atomic E-state index is 13.8. The highest BCUT2D eigenvalue weighted by Crippen LogP contribution is 2.32. The highest BCUT2D eigenvalue weighted by Gasteiger charge is 2.25. The number of imidazole rings is 1. The third-order valence-electron chi connectivity index (χ3n) is 5.14. The first-order valence-electron chi connectivity index (χ1n) is 9.61. The van der Waals surface area contributed by atoms with Crippen LogP contribution in [0, 0.1) is 5.82 Å². The summed E-state index contributed by atoms with van der Waals surface area (Å²) in [5, 5.41) is 10.3. The number of hydrogen-bond acceptors (Lipinski definition) is 6. The second-order valence-corrected chi connectivity index (χ2v) is 7.83. The van der Waals surface area contributed by atoms with E-state index in [4.69, 9.17) is 21.6 Å². The molecule has 7 nitrogen and oxygen atoms in total. The van der Waals surface area contributed by atoms with Crippen molar-refractivity contribution in [2.45, 2.75) is 37.8 Å². The van der Waals surface area contributed by atoms with Crippen molar-refractivity contribution in [1.29, 1.82) is 0 Å². The highest BCUT2D eigenvalue weighted by atomic mass is 35.5. The van der Waals surface area contributed by atoms with E-state index in [1.54, 1.807) is 12.3 Å². The minimum absolute atomic E-state index is 0.251. The molecule has 1 aliphatic carbocycles. The van der Waals surface area contributed by atoms with Crippen molar-refractivity contribution < 1.29 is 4.39 Å². The number of halogens is 2. The second kappa shape index (κ2) is 7.18. The Morgan fingerprint density at radius 2 is 1.93 bits per heavy atom. The monoisotopic (exact) mass is 401 g/mol. The van der Waals surface area contributed by atoms with Gasteiger partial charge in [0.2, 0.25) is 11.9 Å². The van der Waals surface area contributed by atoms with Crippen LogP contribution in [-0.4, -0.2) is 38.7 Å². The number of hydrogen-bond donors (Lipinski definition) is 3. The highest BCUT2D eigenvalue weighted by molar-refractivity contribution is 6.30. The van der Waals surface area contributed by atoms with Crippen LogP contribution in [0.5, 0.6) is 0 Å². The molecule has 2 fully saturated rings. The molecule has 0 amide bonds. The van der Waals surface area contributed by atoms with Gasteiger partial charge in [0.25, 0.3) is 0 Å². The van der Waals surface area contributed by atoms with E-state index in [9.17, 15) is 4.39 Å². The molecular weight excluding hydrogens is 381 g/mol. The van der Waals surface area contributed by atoms with Gasteiger partial charge in [-0.2, -0.15) is 4.98 Å². The molecule has 0 radical (unpaired) electrons. The van der Waals surface area contributed by atoms with Crippen LogP contribution in [0.4, 0.5) is 22.0 Å². The molecule has 1 saturated carbocycles. The predicted octanol–water partition coefficient (Wildman–Crippen LogP) is 3.86. The molecule has 28 heavy (non-hydrogen) atoms. The number of rotatable bonds is 5. The summed E-state index contributed by atoms with van der Waals surface area (Å²) in [6, 6.07) is 5.09. The first-order valence-corrected chi connectivity index (χ1v) is 9.99. The molecule has 3 aromatic rings. The summed E-state index contributed by atoms with van der Waals surface area (Å²) in [6.45, 7) is 1.88. The number of nitrogens with zero attached hydrogens (tertiary/aromatic N) is 4. The first kappa shape index (κ1) is 17.6. The molecule has 3 heterocycles. The van der Waals surface area contributed by atoms with Gasteiger partial charge < -0.3 is 16.0 Å². The van der Waals surface area contributed by atoms with Crippen molar-refractivity contribution in [3.63, 3.8) is 0 Å². The van der Waals surface area contributed by atoms with E-state index < -0.39 is 5.82 Å². The van der Waals surface area contributed by atoms with Gasteiger partial charge in [-0.3, -0.25) is 4.57 Å². The van der Waals surface area contributed by atoms with E-state index in [1.165, 1.54) is 12.1 Å². The van der Waals surface area contributed by atoms with Gasteiger partial charge in [-0.25, -0.2) is 14.4 Å². The minimum Gasteiger partial charge on any atom is -0.351 e. The second-order valence-electron chi connectivity index (χ2n) is 7.39. The summed E-state index contributed by atoms with van der Waals surface area (Å²) in [4.78, 5) is 13.8.